The van der Waals surface area contributed by atoms with Crippen LogP contribution in [0.4, 0.5) is 0 Å². The van der Waals surface area contributed by atoms with Crippen molar-refractivity contribution in [2.24, 2.45) is 0 Å². The number of hydrogen-bond acceptors (Lipinski definition) is 2. The van der Waals surface area contributed by atoms with E-state index < -0.39 is 0 Å². The van der Waals surface area contributed by atoms with Gasteiger partial charge in [0.2, 0.25) is 0 Å². The molecule has 0 radical (unpaired) electrons. The number of amides is 1. The number of aliphatic hydroxyl groups excluding tert-OH is 1. The fourth-order valence-electron chi connectivity index (χ4n) is 1.49. The van der Waals surface area contributed by atoms with Crippen LogP contribution in [-0.4, -0.2) is 35.6 Å². The van der Waals surface area contributed by atoms with Gasteiger partial charge in [0, 0.05) is 18.1 Å². The van der Waals surface area contributed by atoms with Crippen LogP contribution in [0.25, 0.3) is 0 Å². The molecule has 0 saturated carbocycles. The standard InChI is InChI=1S/C13H18BrNO2/c1-9-4-5-12(14)11(8-9)13(17)15(3)7-6-10(2)16/h4-5,8,10,16H,6-7H2,1-3H3. The molecular formula is C13H18BrNO2. The average molecular weight is 300 g/mol. The van der Waals surface area contributed by atoms with Gasteiger partial charge in [0.25, 0.3) is 5.91 Å². The number of halogens is 1. The first-order chi connectivity index (χ1) is 7.91. The van der Waals surface area contributed by atoms with E-state index in [-0.39, 0.29) is 12.0 Å². The van der Waals surface area contributed by atoms with Gasteiger partial charge in [0.1, 0.15) is 0 Å². The van der Waals surface area contributed by atoms with E-state index >= 15 is 0 Å². The second-order valence-electron chi connectivity index (χ2n) is 4.35. The lowest BCUT2D eigenvalue weighted by atomic mass is 10.1. The zero-order valence-corrected chi connectivity index (χ0v) is 12.0. The maximum Gasteiger partial charge on any atom is 0.254 e. The zero-order chi connectivity index (χ0) is 13.0. The largest absolute Gasteiger partial charge is 0.393 e. The Morgan fingerprint density at radius 3 is 2.76 bits per heavy atom. The summed E-state index contributed by atoms with van der Waals surface area (Å²) in [5, 5.41) is 9.21. The number of rotatable bonds is 4. The quantitative estimate of drug-likeness (QED) is 0.928. The molecule has 0 bridgehead atoms. The van der Waals surface area contributed by atoms with Crippen molar-refractivity contribution < 1.29 is 9.90 Å². The summed E-state index contributed by atoms with van der Waals surface area (Å²) in [5.41, 5.74) is 1.72. The van der Waals surface area contributed by atoms with E-state index in [1.807, 2.05) is 25.1 Å². The first-order valence-electron chi connectivity index (χ1n) is 5.61. The highest BCUT2D eigenvalue weighted by molar-refractivity contribution is 9.10. The van der Waals surface area contributed by atoms with Crippen molar-refractivity contribution in [2.75, 3.05) is 13.6 Å². The maximum absolute atomic E-state index is 12.1. The van der Waals surface area contributed by atoms with Crippen LogP contribution in [0.2, 0.25) is 0 Å². The molecule has 0 heterocycles. The number of nitrogens with zero attached hydrogens (tertiary/aromatic N) is 1. The van der Waals surface area contributed by atoms with Gasteiger partial charge >= 0.3 is 0 Å². The molecule has 3 nitrogen and oxygen atoms in total. The van der Waals surface area contributed by atoms with Crippen molar-refractivity contribution in [2.45, 2.75) is 26.4 Å². The van der Waals surface area contributed by atoms with Crippen LogP contribution < -0.4 is 0 Å². The van der Waals surface area contributed by atoms with Gasteiger partial charge in [-0.2, -0.15) is 0 Å². The monoisotopic (exact) mass is 299 g/mol. The molecule has 0 aliphatic carbocycles. The Kier molecular flexibility index (Phi) is 5.15. The number of benzene rings is 1. The topological polar surface area (TPSA) is 40.5 Å². The second-order valence-corrected chi connectivity index (χ2v) is 5.20. The molecule has 0 aliphatic heterocycles. The summed E-state index contributed by atoms with van der Waals surface area (Å²) >= 11 is 3.38. The van der Waals surface area contributed by atoms with Crippen molar-refractivity contribution in [1.82, 2.24) is 4.90 Å². The van der Waals surface area contributed by atoms with Gasteiger partial charge in [0.15, 0.2) is 0 Å². The van der Waals surface area contributed by atoms with Crippen LogP contribution in [0.5, 0.6) is 0 Å². The van der Waals surface area contributed by atoms with Gasteiger partial charge in [-0.25, -0.2) is 0 Å². The Labute approximate surface area is 111 Å². The van der Waals surface area contributed by atoms with E-state index in [0.717, 1.165) is 10.0 Å². The third kappa shape index (κ3) is 4.13. The van der Waals surface area contributed by atoms with E-state index in [2.05, 4.69) is 15.9 Å². The molecule has 0 spiro atoms. The SMILES string of the molecule is Cc1ccc(Br)c(C(=O)N(C)CCC(C)O)c1. The second kappa shape index (κ2) is 6.17. The van der Waals surface area contributed by atoms with Gasteiger partial charge < -0.3 is 10.0 Å². The third-order valence-electron chi connectivity index (χ3n) is 2.58. The Morgan fingerprint density at radius 1 is 1.53 bits per heavy atom. The molecule has 1 aromatic rings. The molecule has 0 saturated heterocycles. The van der Waals surface area contributed by atoms with Crippen LogP contribution in [0.15, 0.2) is 22.7 Å². The Morgan fingerprint density at radius 2 is 2.18 bits per heavy atom. The Hall–Kier alpha value is -0.870. The average Bonchev–Trinajstić information content (AvgIpc) is 2.28. The van der Waals surface area contributed by atoms with E-state index in [9.17, 15) is 9.90 Å². The van der Waals surface area contributed by atoms with Crippen molar-refractivity contribution in [1.29, 1.82) is 0 Å². The van der Waals surface area contributed by atoms with E-state index in [1.54, 1.807) is 18.9 Å². The van der Waals surface area contributed by atoms with Gasteiger partial charge in [-0.05, 0) is 48.3 Å². The number of aliphatic hydroxyl groups is 1. The highest BCUT2D eigenvalue weighted by Crippen LogP contribution is 2.19. The van der Waals surface area contributed by atoms with E-state index in [4.69, 9.17) is 0 Å². The number of aryl methyl sites for hydroxylation is 1. The van der Waals surface area contributed by atoms with E-state index in [0.29, 0.717) is 18.5 Å². The van der Waals surface area contributed by atoms with Crippen LogP contribution in [0.3, 0.4) is 0 Å². The molecule has 1 amide bonds. The summed E-state index contributed by atoms with van der Waals surface area (Å²) in [6.07, 6.45) is 0.206. The van der Waals surface area contributed by atoms with Gasteiger partial charge in [0.05, 0.1) is 11.7 Å². The van der Waals surface area contributed by atoms with Crippen LogP contribution in [0.1, 0.15) is 29.3 Å². The van der Waals surface area contributed by atoms with Gasteiger partial charge in [-0.1, -0.05) is 11.6 Å². The summed E-state index contributed by atoms with van der Waals surface area (Å²) < 4.78 is 0.803. The molecule has 1 unspecified atom stereocenters. The van der Waals surface area contributed by atoms with Crippen LogP contribution in [0, 0.1) is 6.92 Å². The van der Waals surface area contributed by atoms with Crippen LogP contribution >= 0.6 is 15.9 Å². The lowest BCUT2D eigenvalue weighted by molar-refractivity contribution is 0.0768. The summed E-state index contributed by atoms with van der Waals surface area (Å²) in [6, 6.07) is 5.70. The fourth-order valence-corrected chi connectivity index (χ4v) is 1.91. The Bertz CT molecular complexity index is 404. The third-order valence-corrected chi connectivity index (χ3v) is 3.27. The van der Waals surface area contributed by atoms with Gasteiger partial charge in [-0.15, -0.1) is 0 Å². The summed E-state index contributed by atoms with van der Waals surface area (Å²) in [5.74, 6) is -0.0266. The summed E-state index contributed by atoms with van der Waals surface area (Å²) in [7, 11) is 1.75. The molecule has 17 heavy (non-hydrogen) atoms. The minimum Gasteiger partial charge on any atom is -0.393 e. The van der Waals surface area contributed by atoms with E-state index in [1.165, 1.54) is 0 Å². The molecule has 0 fully saturated rings. The molecule has 1 rings (SSSR count). The minimum absolute atomic E-state index is 0.0266. The molecule has 1 atom stereocenters. The number of carbonyl (C=O) groups is 1. The predicted molar refractivity (Wildman–Crippen MR) is 72.1 cm³/mol. The zero-order valence-electron chi connectivity index (χ0n) is 10.4. The Balaban J connectivity index is 2.78. The molecule has 1 aromatic carbocycles. The number of hydrogen-bond donors (Lipinski definition) is 1. The first kappa shape index (κ1) is 14.2. The van der Waals surface area contributed by atoms with Crippen molar-refractivity contribution in [3.05, 3.63) is 33.8 Å². The number of carbonyl (C=O) groups excluding carboxylic acids is 1. The highest BCUT2D eigenvalue weighted by Gasteiger charge is 2.15. The molecule has 94 valence electrons. The normalized spacial score (nSPS) is 12.3. The summed E-state index contributed by atoms with van der Waals surface area (Å²) in [4.78, 5) is 13.8. The molecule has 1 N–H and O–H groups in total. The summed E-state index contributed by atoms with van der Waals surface area (Å²) in [6.45, 7) is 4.23. The predicted octanol–water partition coefficient (Wildman–Crippen LogP) is 2.60. The molecular weight excluding hydrogens is 282 g/mol. The lowest BCUT2D eigenvalue weighted by Gasteiger charge is -2.19. The van der Waals surface area contributed by atoms with Crippen molar-refractivity contribution in [3.63, 3.8) is 0 Å². The highest BCUT2D eigenvalue weighted by atomic mass is 79.9. The van der Waals surface area contributed by atoms with Crippen LogP contribution in [-0.2, 0) is 0 Å². The maximum atomic E-state index is 12.1. The van der Waals surface area contributed by atoms with Gasteiger partial charge in [-0.3, -0.25) is 4.79 Å². The molecule has 0 aliphatic rings. The molecule has 4 heteroatoms. The van der Waals surface area contributed by atoms with Crippen molar-refractivity contribution >= 4 is 21.8 Å². The minimum atomic E-state index is -0.383. The first-order valence-corrected chi connectivity index (χ1v) is 6.40. The smallest absolute Gasteiger partial charge is 0.254 e. The van der Waals surface area contributed by atoms with Crippen molar-refractivity contribution in [3.8, 4) is 0 Å². The fraction of sp³-hybridized carbons (Fsp3) is 0.462. The lowest BCUT2D eigenvalue weighted by Crippen LogP contribution is -2.29. The molecule has 0 aromatic heterocycles.